The Bertz CT molecular complexity index is 359. The van der Waals surface area contributed by atoms with E-state index < -0.39 is 24.9 Å². The third kappa shape index (κ3) is 5.53. The largest absolute Gasteiger partial charge is 0.330 e. The van der Waals surface area contributed by atoms with E-state index in [-0.39, 0.29) is 6.54 Å². The van der Waals surface area contributed by atoms with Gasteiger partial charge in [-0.2, -0.15) is 0 Å². The number of hydrogen-bond donors (Lipinski definition) is 1. The van der Waals surface area contributed by atoms with Crippen LogP contribution >= 0.6 is 0 Å². The maximum Gasteiger partial charge on any atom is 0.228 e. The summed E-state index contributed by atoms with van der Waals surface area (Å²) < 4.78 is 45.3. The van der Waals surface area contributed by atoms with Crippen LogP contribution in [0.3, 0.4) is 0 Å². The molecule has 6 nitrogen and oxygen atoms in total. The standard InChI is InChI=1S/C6H16N2O4S2/c1-8(5-3-4-7)14(11,12)6-13(2,9)10/h3-7H2,1-2H3. The molecule has 0 rings (SSSR count). The van der Waals surface area contributed by atoms with Gasteiger partial charge in [0.2, 0.25) is 10.0 Å². The second kappa shape index (κ2) is 5.06. The predicted molar refractivity (Wildman–Crippen MR) is 54.9 cm³/mol. The third-order valence-electron chi connectivity index (χ3n) is 1.52. The maximum atomic E-state index is 11.4. The first-order valence-corrected chi connectivity index (χ1v) is 7.68. The lowest BCUT2D eigenvalue weighted by Crippen LogP contribution is -2.33. The highest BCUT2D eigenvalue weighted by molar-refractivity contribution is 8.06. The van der Waals surface area contributed by atoms with Crippen molar-refractivity contribution in [1.29, 1.82) is 0 Å². The summed E-state index contributed by atoms with van der Waals surface area (Å²) in [6, 6.07) is 0. The molecule has 0 aliphatic heterocycles. The molecule has 8 heteroatoms. The molecule has 0 saturated heterocycles. The fourth-order valence-corrected chi connectivity index (χ4v) is 4.10. The summed E-state index contributed by atoms with van der Waals surface area (Å²) in [5, 5.41) is -0.846. The van der Waals surface area contributed by atoms with E-state index in [1.54, 1.807) is 0 Å². The van der Waals surface area contributed by atoms with Gasteiger partial charge in [0.25, 0.3) is 0 Å². The SMILES string of the molecule is CN(CCCN)S(=O)(=O)CS(C)(=O)=O. The molecule has 86 valence electrons. The molecule has 0 spiro atoms. The van der Waals surface area contributed by atoms with Crippen molar-refractivity contribution in [2.24, 2.45) is 5.73 Å². The van der Waals surface area contributed by atoms with Crippen molar-refractivity contribution < 1.29 is 16.8 Å². The summed E-state index contributed by atoms with van der Waals surface area (Å²) in [6.45, 7) is 0.618. The van der Waals surface area contributed by atoms with E-state index >= 15 is 0 Å². The zero-order valence-electron chi connectivity index (χ0n) is 8.30. The molecule has 14 heavy (non-hydrogen) atoms. The molecule has 0 aromatic heterocycles. The highest BCUT2D eigenvalue weighted by atomic mass is 32.3. The van der Waals surface area contributed by atoms with Crippen LogP contribution in [0, 0.1) is 0 Å². The van der Waals surface area contributed by atoms with Crippen LogP contribution in [0.1, 0.15) is 6.42 Å². The Hall–Kier alpha value is -0.180. The maximum absolute atomic E-state index is 11.4. The molecule has 0 unspecified atom stereocenters. The van der Waals surface area contributed by atoms with Gasteiger partial charge in [-0.25, -0.2) is 21.1 Å². The molecule has 0 amide bonds. The average Bonchev–Trinajstić information content (AvgIpc) is 1.95. The van der Waals surface area contributed by atoms with Crippen molar-refractivity contribution in [2.45, 2.75) is 6.42 Å². The Labute approximate surface area is 85.0 Å². The second-order valence-electron chi connectivity index (χ2n) is 3.12. The molecule has 0 bridgehead atoms. The van der Waals surface area contributed by atoms with Gasteiger partial charge in [-0.3, -0.25) is 0 Å². The molecule has 0 aromatic carbocycles. The van der Waals surface area contributed by atoms with Gasteiger partial charge in [0, 0.05) is 19.8 Å². The second-order valence-corrected chi connectivity index (χ2v) is 7.70. The van der Waals surface area contributed by atoms with Crippen LogP contribution in [0.4, 0.5) is 0 Å². The topological polar surface area (TPSA) is 97.5 Å². The summed E-state index contributed by atoms with van der Waals surface area (Å²) in [4.78, 5) is 0. The number of hydrogen-bond acceptors (Lipinski definition) is 5. The quantitative estimate of drug-likeness (QED) is 0.619. The summed E-state index contributed by atoms with van der Waals surface area (Å²) >= 11 is 0. The van der Waals surface area contributed by atoms with E-state index in [0.717, 1.165) is 10.6 Å². The fraction of sp³-hybridized carbons (Fsp3) is 1.00. The van der Waals surface area contributed by atoms with Gasteiger partial charge < -0.3 is 5.73 Å². The molecular formula is C6H16N2O4S2. The first-order chi connectivity index (χ1) is 6.19. The Kier molecular flexibility index (Phi) is 4.99. The number of nitrogens with two attached hydrogens (primary N) is 1. The first-order valence-electron chi connectivity index (χ1n) is 4.01. The lowest BCUT2D eigenvalue weighted by atomic mass is 10.4. The monoisotopic (exact) mass is 244 g/mol. The minimum absolute atomic E-state index is 0.244. The van der Waals surface area contributed by atoms with Crippen LogP contribution in [0.25, 0.3) is 0 Å². The van der Waals surface area contributed by atoms with Crippen molar-refractivity contribution in [2.75, 3.05) is 31.5 Å². The molecule has 0 atom stereocenters. The molecule has 0 aliphatic rings. The predicted octanol–water partition coefficient (Wildman–Crippen LogP) is -1.40. The van der Waals surface area contributed by atoms with Gasteiger partial charge >= 0.3 is 0 Å². The Balaban J connectivity index is 4.48. The van der Waals surface area contributed by atoms with Gasteiger partial charge in [-0.15, -0.1) is 0 Å². The van der Waals surface area contributed by atoms with Crippen molar-refractivity contribution in [3.63, 3.8) is 0 Å². The van der Waals surface area contributed by atoms with Crippen molar-refractivity contribution in [1.82, 2.24) is 4.31 Å². The lowest BCUT2D eigenvalue weighted by Gasteiger charge is -2.15. The summed E-state index contributed by atoms with van der Waals surface area (Å²) in [7, 11) is -5.87. The van der Waals surface area contributed by atoms with E-state index in [4.69, 9.17) is 5.73 Å². The minimum Gasteiger partial charge on any atom is -0.330 e. The molecule has 0 radical (unpaired) electrons. The van der Waals surface area contributed by atoms with E-state index in [2.05, 4.69) is 0 Å². The van der Waals surface area contributed by atoms with Crippen molar-refractivity contribution >= 4 is 19.9 Å². The number of sulfone groups is 1. The van der Waals surface area contributed by atoms with Gasteiger partial charge in [-0.1, -0.05) is 0 Å². The van der Waals surface area contributed by atoms with Crippen LogP contribution in [0.2, 0.25) is 0 Å². The molecule has 0 saturated carbocycles. The van der Waals surface area contributed by atoms with Crippen LogP contribution < -0.4 is 5.73 Å². The number of rotatable bonds is 6. The van der Waals surface area contributed by atoms with E-state index in [9.17, 15) is 16.8 Å². The van der Waals surface area contributed by atoms with Gasteiger partial charge in [0.05, 0.1) is 0 Å². The fourth-order valence-electron chi connectivity index (χ4n) is 0.814. The van der Waals surface area contributed by atoms with Crippen LogP contribution in [0.5, 0.6) is 0 Å². The Morgan fingerprint density at radius 3 is 2.07 bits per heavy atom. The summed E-state index contributed by atoms with van der Waals surface area (Å²) in [5.74, 6) is 0. The van der Waals surface area contributed by atoms with Crippen LogP contribution in [-0.4, -0.2) is 52.6 Å². The third-order valence-corrected chi connectivity index (χ3v) is 5.55. The first kappa shape index (κ1) is 13.8. The normalized spacial score (nSPS) is 13.4. The van der Waals surface area contributed by atoms with Gasteiger partial charge in [0.15, 0.2) is 14.9 Å². The Morgan fingerprint density at radius 1 is 1.21 bits per heavy atom. The molecule has 0 heterocycles. The van der Waals surface area contributed by atoms with Crippen LogP contribution in [0.15, 0.2) is 0 Å². The number of nitrogens with zero attached hydrogens (tertiary/aromatic N) is 1. The van der Waals surface area contributed by atoms with Crippen molar-refractivity contribution in [3.8, 4) is 0 Å². The zero-order valence-corrected chi connectivity index (χ0v) is 9.94. The Morgan fingerprint density at radius 2 is 1.71 bits per heavy atom. The average molecular weight is 244 g/mol. The van der Waals surface area contributed by atoms with E-state index in [0.29, 0.717) is 13.0 Å². The van der Waals surface area contributed by atoms with Crippen LogP contribution in [-0.2, 0) is 19.9 Å². The zero-order chi connectivity index (χ0) is 11.4. The molecule has 0 aromatic rings. The highest BCUT2D eigenvalue weighted by Crippen LogP contribution is 2.02. The smallest absolute Gasteiger partial charge is 0.228 e. The lowest BCUT2D eigenvalue weighted by molar-refractivity contribution is 0.467. The van der Waals surface area contributed by atoms with E-state index in [1.165, 1.54) is 7.05 Å². The van der Waals surface area contributed by atoms with Gasteiger partial charge in [-0.05, 0) is 13.0 Å². The minimum atomic E-state index is -3.70. The molecule has 2 N–H and O–H groups in total. The highest BCUT2D eigenvalue weighted by Gasteiger charge is 2.22. The van der Waals surface area contributed by atoms with Crippen molar-refractivity contribution in [3.05, 3.63) is 0 Å². The molecule has 0 fully saturated rings. The molecular weight excluding hydrogens is 228 g/mol. The van der Waals surface area contributed by atoms with Gasteiger partial charge in [0.1, 0.15) is 0 Å². The summed E-state index contributed by atoms with van der Waals surface area (Å²) in [5.41, 5.74) is 5.21. The summed E-state index contributed by atoms with van der Waals surface area (Å²) in [6.07, 6.45) is 1.40. The number of sulfonamides is 1. The van der Waals surface area contributed by atoms with E-state index in [1.807, 2.05) is 0 Å². The molecule has 0 aliphatic carbocycles.